The Kier molecular flexibility index (Phi) is 5.45. The summed E-state index contributed by atoms with van der Waals surface area (Å²) >= 11 is 0. The van der Waals surface area contributed by atoms with Crippen molar-refractivity contribution in [2.45, 2.75) is 50.6 Å². The Morgan fingerprint density at radius 1 is 1.29 bits per heavy atom. The quantitative estimate of drug-likeness (QED) is 0.665. The van der Waals surface area contributed by atoms with Gasteiger partial charge in [-0.3, -0.25) is 0 Å². The van der Waals surface area contributed by atoms with Gasteiger partial charge in [0.05, 0.1) is 6.61 Å². The molecule has 1 fully saturated rings. The Morgan fingerprint density at radius 2 is 1.86 bits per heavy atom. The molecular formula is C11H24N2O. The number of aliphatic hydroxyl groups is 1. The Balaban J connectivity index is 2.30. The molecule has 0 bridgehead atoms. The smallest absolute Gasteiger partial charge is 0.0595 e. The first kappa shape index (κ1) is 12.0. The lowest BCUT2D eigenvalue weighted by molar-refractivity contribution is 0.176. The molecule has 0 amide bonds. The summed E-state index contributed by atoms with van der Waals surface area (Å²) < 4.78 is 0. The standard InChI is InChI=1S/C11H24N2O/c1-13(8-10(12)9-14)11-6-4-2-3-5-7-11/h10-11,14H,2-9,12H2,1H3. The lowest BCUT2D eigenvalue weighted by Gasteiger charge is -2.28. The maximum absolute atomic E-state index is 8.89. The van der Waals surface area contributed by atoms with Crippen molar-refractivity contribution in [1.29, 1.82) is 0 Å². The van der Waals surface area contributed by atoms with Crippen molar-refractivity contribution >= 4 is 0 Å². The SMILES string of the molecule is CN(CC(N)CO)C1CCCCCC1. The Hall–Kier alpha value is -0.120. The minimum atomic E-state index is -0.0803. The van der Waals surface area contributed by atoms with Crippen molar-refractivity contribution in [3.05, 3.63) is 0 Å². The summed E-state index contributed by atoms with van der Waals surface area (Å²) in [5.74, 6) is 0. The number of hydrogen-bond donors (Lipinski definition) is 2. The molecule has 3 N–H and O–H groups in total. The van der Waals surface area contributed by atoms with Crippen LogP contribution in [-0.2, 0) is 0 Å². The fourth-order valence-electron chi connectivity index (χ4n) is 2.28. The van der Waals surface area contributed by atoms with Crippen LogP contribution in [0.4, 0.5) is 0 Å². The molecule has 3 nitrogen and oxygen atoms in total. The summed E-state index contributed by atoms with van der Waals surface area (Å²) in [6.07, 6.45) is 8.07. The van der Waals surface area contributed by atoms with Gasteiger partial charge in [-0.05, 0) is 19.9 Å². The van der Waals surface area contributed by atoms with Gasteiger partial charge < -0.3 is 15.7 Å². The van der Waals surface area contributed by atoms with Gasteiger partial charge in [-0.15, -0.1) is 0 Å². The largest absolute Gasteiger partial charge is 0.395 e. The average Bonchev–Trinajstić information content (AvgIpc) is 2.45. The molecule has 1 saturated carbocycles. The van der Waals surface area contributed by atoms with Gasteiger partial charge in [0.25, 0.3) is 0 Å². The minimum Gasteiger partial charge on any atom is -0.395 e. The monoisotopic (exact) mass is 200 g/mol. The predicted octanol–water partition coefficient (Wildman–Crippen LogP) is 0.961. The highest BCUT2D eigenvalue weighted by Gasteiger charge is 2.18. The number of likely N-dealkylation sites (N-methyl/N-ethyl adjacent to an activating group) is 1. The molecule has 0 aromatic rings. The third-order valence-electron chi connectivity index (χ3n) is 3.21. The topological polar surface area (TPSA) is 49.5 Å². The average molecular weight is 200 g/mol. The lowest BCUT2D eigenvalue weighted by Crippen LogP contribution is -2.42. The number of hydrogen-bond acceptors (Lipinski definition) is 3. The van der Waals surface area contributed by atoms with Crippen molar-refractivity contribution in [3.8, 4) is 0 Å². The van der Waals surface area contributed by atoms with Gasteiger partial charge in [-0.1, -0.05) is 25.7 Å². The van der Waals surface area contributed by atoms with Crippen molar-refractivity contribution in [3.63, 3.8) is 0 Å². The van der Waals surface area contributed by atoms with Crippen LogP contribution >= 0.6 is 0 Å². The molecule has 0 radical (unpaired) electrons. The summed E-state index contributed by atoms with van der Waals surface area (Å²) in [5.41, 5.74) is 5.73. The highest BCUT2D eigenvalue weighted by Crippen LogP contribution is 2.20. The second-order valence-corrected chi connectivity index (χ2v) is 4.53. The maximum atomic E-state index is 8.89. The van der Waals surface area contributed by atoms with E-state index in [0.29, 0.717) is 6.04 Å². The van der Waals surface area contributed by atoms with E-state index in [1.807, 2.05) is 0 Å². The second-order valence-electron chi connectivity index (χ2n) is 4.53. The molecule has 0 saturated heterocycles. The first-order valence-electron chi connectivity index (χ1n) is 5.80. The van der Waals surface area contributed by atoms with E-state index < -0.39 is 0 Å². The predicted molar refractivity (Wildman–Crippen MR) is 59.2 cm³/mol. The molecule has 84 valence electrons. The van der Waals surface area contributed by atoms with E-state index in [-0.39, 0.29) is 12.6 Å². The van der Waals surface area contributed by atoms with Gasteiger partial charge >= 0.3 is 0 Å². The molecule has 1 unspecified atom stereocenters. The van der Waals surface area contributed by atoms with Crippen LogP contribution in [0.3, 0.4) is 0 Å². The van der Waals surface area contributed by atoms with E-state index in [1.54, 1.807) is 0 Å². The van der Waals surface area contributed by atoms with Gasteiger partial charge in [0.15, 0.2) is 0 Å². The molecule has 14 heavy (non-hydrogen) atoms. The van der Waals surface area contributed by atoms with E-state index in [2.05, 4.69) is 11.9 Å². The number of nitrogens with two attached hydrogens (primary N) is 1. The Bertz CT molecular complexity index is 144. The first-order valence-corrected chi connectivity index (χ1v) is 5.80. The minimum absolute atomic E-state index is 0.0803. The van der Waals surface area contributed by atoms with Crippen LogP contribution in [-0.4, -0.2) is 42.3 Å². The maximum Gasteiger partial charge on any atom is 0.0595 e. The molecule has 1 aliphatic carbocycles. The van der Waals surface area contributed by atoms with Gasteiger partial charge in [0.2, 0.25) is 0 Å². The fourth-order valence-corrected chi connectivity index (χ4v) is 2.28. The zero-order chi connectivity index (χ0) is 10.4. The van der Waals surface area contributed by atoms with Crippen LogP contribution in [0.2, 0.25) is 0 Å². The molecule has 0 aliphatic heterocycles. The van der Waals surface area contributed by atoms with Crippen LogP contribution in [0.25, 0.3) is 0 Å². The fraction of sp³-hybridized carbons (Fsp3) is 1.00. The summed E-state index contributed by atoms with van der Waals surface area (Å²) in [6, 6.07) is 0.610. The van der Waals surface area contributed by atoms with Gasteiger partial charge in [0.1, 0.15) is 0 Å². The van der Waals surface area contributed by atoms with Crippen LogP contribution in [0.15, 0.2) is 0 Å². The normalized spacial score (nSPS) is 22.3. The zero-order valence-corrected chi connectivity index (χ0v) is 9.28. The molecular weight excluding hydrogens is 176 g/mol. The van der Waals surface area contributed by atoms with Crippen LogP contribution in [0.5, 0.6) is 0 Å². The van der Waals surface area contributed by atoms with E-state index in [9.17, 15) is 0 Å². The van der Waals surface area contributed by atoms with Crippen LogP contribution < -0.4 is 5.73 Å². The highest BCUT2D eigenvalue weighted by molar-refractivity contribution is 4.75. The van der Waals surface area contributed by atoms with E-state index in [0.717, 1.165) is 6.54 Å². The van der Waals surface area contributed by atoms with Crippen molar-refractivity contribution in [2.75, 3.05) is 20.2 Å². The molecule has 3 heteroatoms. The highest BCUT2D eigenvalue weighted by atomic mass is 16.3. The third kappa shape index (κ3) is 3.95. The van der Waals surface area contributed by atoms with Crippen molar-refractivity contribution in [2.24, 2.45) is 5.73 Å². The van der Waals surface area contributed by atoms with Crippen LogP contribution in [0.1, 0.15) is 38.5 Å². The number of nitrogens with zero attached hydrogens (tertiary/aromatic N) is 1. The second kappa shape index (κ2) is 6.38. The Morgan fingerprint density at radius 3 is 2.36 bits per heavy atom. The van der Waals surface area contributed by atoms with E-state index in [4.69, 9.17) is 10.8 Å². The molecule has 1 atom stereocenters. The number of rotatable bonds is 4. The van der Waals surface area contributed by atoms with E-state index in [1.165, 1.54) is 38.5 Å². The molecule has 0 heterocycles. The number of aliphatic hydroxyl groups excluding tert-OH is 1. The van der Waals surface area contributed by atoms with Crippen LogP contribution in [0, 0.1) is 0 Å². The molecule has 1 aliphatic rings. The van der Waals surface area contributed by atoms with Crippen molar-refractivity contribution in [1.82, 2.24) is 4.90 Å². The van der Waals surface area contributed by atoms with Gasteiger partial charge in [-0.25, -0.2) is 0 Å². The molecule has 1 rings (SSSR count). The van der Waals surface area contributed by atoms with Crippen molar-refractivity contribution < 1.29 is 5.11 Å². The summed E-state index contributed by atoms with van der Waals surface area (Å²) in [7, 11) is 2.13. The molecule has 0 spiro atoms. The van der Waals surface area contributed by atoms with E-state index >= 15 is 0 Å². The third-order valence-corrected chi connectivity index (χ3v) is 3.21. The Labute approximate surface area is 87.3 Å². The van der Waals surface area contributed by atoms with Gasteiger partial charge in [0, 0.05) is 18.6 Å². The summed E-state index contributed by atoms with van der Waals surface area (Å²) in [4.78, 5) is 2.33. The molecule has 0 aromatic heterocycles. The molecule has 0 aromatic carbocycles. The van der Waals surface area contributed by atoms with Gasteiger partial charge in [-0.2, -0.15) is 0 Å². The summed E-state index contributed by atoms with van der Waals surface area (Å²) in [6.45, 7) is 0.915. The first-order chi connectivity index (χ1) is 6.74. The zero-order valence-electron chi connectivity index (χ0n) is 9.28. The summed E-state index contributed by atoms with van der Waals surface area (Å²) in [5, 5.41) is 8.89. The lowest BCUT2D eigenvalue weighted by atomic mass is 10.1.